The first-order valence-corrected chi connectivity index (χ1v) is 14.8. The number of piperidine rings is 1. The number of ether oxygens (including phenoxy) is 3. The van der Waals surface area contributed by atoms with Gasteiger partial charge in [0.1, 0.15) is 12.4 Å². The number of anilines is 1. The zero-order chi connectivity index (χ0) is 24.8. The lowest BCUT2D eigenvalue weighted by Gasteiger charge is -2.34. The van der Waals surface area contributed by atoms with Crippen LogP contribution >= 0.6 is 15.9 Å². The average Bonchev–Trinajstić information content (AvgIpc) is 2.88. The van der Waals surface area contributed by atoms with Gasteiger partial charge in [0.15, 0.2) is 5.44 Å². The fourth-order valence-electron chi connectivity index (χ4n) is 4.56. The molecular weight excluding hydrogens is 532 g/mol. The maximum Gasteiger partial charge on any atom is 0.209 e. The summed E-state index contributed by atoms with van der Waals surface area (Å²) in [6.07, 6.45) is 2.42. The summed E-state index contributed by atoms with van der Waals surface area (Å²) in [6.45, 7) is 5.39. The summed E-state index contributed by atoms with van der Waals surface area (Å²) < 4.78 is 45.3. The molecule has 2 aliphatic rings. The van der Waals surface area contributed by atoms with Crippen molar-refractivity contribution in [2.45, 2.75) is 48.7 Å². The molecule has 192 valence electrons. The molecule has 2 heterocycles. The Morgan fingerprint density at radius 3 is 2.69 bits per heavy atom. The van der Waals surface area contributed by atoms with Gasteiger partial charge in [-0.3, -0.25) is 0 Å². The topological polar surface area (TPSA) is 77.1 Å². The van der Waals surface area contributed by atoms with Gasteiger partial charge < -0.3 is 24.4 Å². The number of benzene rings is 2. The molecule has 1 N–H and O–H groups in total. The standard InChI is InChI=1S/C26H35BrN2O5S/c1-19-4-9-23(10-5-19)35(30,31)26(34-22-8-7-21(17-27)28-18-22)20-6-11-25-24(16-20)29(13-15-33-25)12-3-14-32-2/h4-6,9-11,16,21-22,26,28H,3,7-8,12-15,17-18H2,1-2H3/t21-,22+,26?/m0/s1. The van der Waals surface area contributed by atoms with E-state index < -0.39 is 15.3 Å². The molecule has 3 atom stereocenters. The quantitative estimate of drug-likeness (QED) is 0.340. The number of methoxy groups -OCH3 is 1. The molecule has 0 saturated carbocycles. The first kappa shape index (κ1) is 26.4. The second kappa shape index (κ2) is 12.1. The summed E-state index contributed by atoms with van der Waals surface area (Å²) in [6, 6.07) is 13.0. The second-order valence-electron chi connectivity index (χ2n) is 9.19. The number of hydrogen-bond donors (Lipinski definition) is 1. The Hall–Kier alpha value is -1.65. The molecule has 2 aromatic carbocycles. The number of fused-ring (bicyclic) bond motifs is 1. The van der Waals surface area contributed by atoms with Crippen LogP contribution in [0.25, 0.3) is 0 Å². The molecule has 1 saturated heterocycles. The molecule has 1 fully saturated rings. The molecule has 35 heavy (non-hydrogen) atoms. The Morgan fingerprint density at radius 2 is 2.00 bits per heavy atom. The Morgan fingerprint density at radius 1 is 1.20 bits per heavy atom. The first-order valence-electron chi connectivity index (χ1n) is 12.2. The smallest absolute Gasteiger partial charge is 0.209 e. The number of rotatable bonds is 10. The third-order valence-electron chi connectivity index (χ3n) is 6.60. The predicted molar refractivity (Wildman–Crippen MR) is 141 cm³/mol. The summed E-state index contributed by atoms with van der Waals surface area (Å²) in [4.78, 5) is 2.50. The van der Waals surface area contributed by atoms with Crippen molar-refractivity contribution < 1.29 is 22.6 Å². The van der Waals surface area contributed by atoms with Crippen LogP contribution in [0.1, 0.15) is 35.8 Å². The lowest BCUT2D eigenvalue weighted by molar-refractivity contribution is 0.00989. The zero-order valence-electron chi connectivity index (χ0n) is 20.4. The van der Waals surface area contributed by atoms with Crippen LogP contribution in [0.5, 0.6) is 5.75 Å². The Bertz CT molecular complexity index is 1070. The molecule has 0 spiro atoms. The van der Waals surface area contributed by atoms with Gasteiger partial charge in [0, 0.05) is 38.2 Å². The van der Waals surface area contributed by atoms with E-state index >= 15 is 0 Å². The van der Waals surface area contributed by atoms with Crippen molar-refractivity contribution >= 4 is 31.5 Å². The van der Waals surface area contributed by atoms with Crippen LogP contribution in [0.2, 0.25) is 0 Å². The lowest BCUT2D eigenvalue weighted by atomic mass is 10.0. The van der Waals surface area contributed by atoms with Crippen molar-refractivity contribution in [1.82, 2.24) is 5.32 Å². The number of hydrogen-bond acceptors (Lipinski definition) is 7. The van der Waals surface area contributed by atoms with Crippen LogP contribution in [-0.2, 0) is 19.3 Å². The first-order chi connectivity index (χ1) is 16.9. The second-order valence-corrected chi connectivity index (χ2v) is 11.8. The van der Waals surface area contributed by atoms with Crippen molar-refractivity contribution in [2.24, 2.45) is 0 Å². The maximum absolute atomic E-state index is 13.9. The van der Waals surface area contributed by atoms with Gasteiger partial charge >= 0.3 is 0 Å². The van der Waals surface area contributed by atoms with Crippen LogP contribution in [0.3, 0.4) is 0 Å². The van der Waals surface area contributed by atoms with Crippen molar-refractivity contribution in [3.05, 3.63) is 53.6 Å². The highest BCUT2D eigenvalue weighted by Crippen LogP contribution is 2.39. The Balaban J connectivity index is 1.67. The minimum atomic E-state index is -3.79. The largest absolute Gasteiger partial charge is 0.490 e. The summed E-state index contributed by atoms with van der Waals surface area (Å²) in [5, 5.41) is 4.32. The monoisotopic (exact) mass is 566 g/mol. The Labute approximate surface area is 217 Å². The molecule has 0 bridgehead atoms. The number of aryl methyl sites for hydroxylation is 1. The van der Waals surface area contributed by atoms with E-state index in [9.17, 15) is 8.42 Å². The maximum atomic E-state index is 13.9. The highest BCUT2D eigenvalue weighted by Gasteiger charge is 2.35. The number of sulfone groups is 1. The van der Waals surface area contributed by atoms with Gasteiger partial charge in [-0.2, -0.15) is 0 Å². The molecule has 0 aliphatic carbocycles. The summed E-state index contributed by atoms with van der Waals surface area (Å²) in [7, 11) is -2.09. The van der Waals surface area contributed by atoms with Crippen molar-refractivity contribution in [3.8, 4) is 5.75 Å². The van der Waals surface area contributed by atoms with Gasteiger partial charge in [-0.05, 0) is 56.0 Å². The van der Waals surface area contributed by atoms with Crippen molar-refractivity contribution in [2.75, 3.05) is 50.2 Å². The summed E-state index contributed by atoms with van der Waals surface area (Å²) in [5.74, 6) is 0.767. The van der Waals surface area contributed by atoms with Gasteiger partial charge in [0.05, 0.1) is 23.2 Å². The van der Waals surface area contributed by atoms with Gasteiger partial charge in [0.2, 0.25) is 9.84 Å². The van der Waals surface area contributed by atoms with Crippen molar-refractivity contribution in [3.63, 3.8) is 0 Å². The third-order valence-corrected chi connectivity index (χ3v) is 9.25. The summed E-state index contributed by atoms with van der Waals surface area (Å²) in [5.41, 5.74) is 1.43. The van der Waals surface area contributed by atoms with Crippen LogP contribution in [0.4, 0.5) is 5.69 Å². The van der Waals surface area contributed by atoms with E-state index in [0.717, 1.165) is 54.7 Å². The van der Waals surface area contributed by atoms with E-state index in [2.05, 4.69) is 26.1 Å². The highest BCUT2D eigenvalue weighted by molar-refractivity contribution is 9.09. The van der Waals surface area contributed by atoms with Gasteiger partial charge in [0.25, 0.3) is 0 Å². The molecule has 9 heteroatoms. The molecule has 7 nitrogen and oxygen atoms in total. The molecule has 0 radical (unpaired) electrons. The molecule has 1 unspecified atom stereocenters. The van der Waals surface area contributed by atoms with E-state index in [1.807, 2.05) is 37.3 Å². The molecular formula is C26H35BrN2O5S. The van der Waals surface area contributed by atoms with Crippen LogP contribution in [0, 0.1) is 6.92 Å². The highest BCUT2D eigenvalue weighted by atomic mass is 79.9. The molecule has 2 aliphatic heterocycles. The fraction of sp³-hybridized carbons (Fsp3) is 0.538. The average molecular weight is 568 g/mol. The number of nitrogens with one attached hydrogen (secondary N) is 1. The Kier molecular flexibility index (Phi) is 9.10. The van der Waals surface area contributed by atoms with E-state index in [0.29, 0.717) is 31.4 Å². The molecule has 4 rings (SSSR count). The third kappa shape index (κ3) is 6.38. The van der Waals surface area contributed by atoms with E-state index in [1.165, 1.54) is 0 Å². The van der Waals surface area contributed by atoms with E-state index in [-0.39, 0.29) is 11.0 Å². The normalized spacial score (nSPS) is 21.3. The van der Waals surface area contributed by atoms with Gasteiger partial charge in [-0.15, -0.1) is 0 Å². The zero-order valence-corrected chi connectivity index (χ0v) is 22.8. The van der Waals surface area contributed by atoms with E-state index in [1.54, 1.807) is 19.2 Å². The van der Waals surface area contributed by atoms with Gasteiger partial charge in [-0.25, -0.2) is 8.42 Å². The molecule has 0 aromatic heterocycles. The minimum Gasteiger partial charge on any atom is -0.490 e. The fourth-order valence-corrected chi connectivity index (χ4v) is 6.69. The van der Waals surface area contributed by atoms with Crippen LogP contribution < -0.4 is 15.0 Å². The molecule has 2 aromatic rings. The van der Waals surface area contributed by atoms with Crippen molar-refractivity contribution in [1.29, 1.82) is 0 Å². The van der Waals surface area contributed by atoms with Crippen LogP contribution in [0.15, 0.2) is 47.4 Å². The minimum absolute atomic E-state index is 0.194. The van der Waals surface area contributed by atoms with Gasteiger partial charge in [-0.1, -0.05) is 39.7 Å². The van der Waals surface area contributed by atoms with Crippen LogP contribution in [-0.4, -0.2) is 65.9 Å². The SMILES string of the molecule is COCCCN1CCOc2ccc(C(O[C@@H]3CC[C@@H](CBr)NC3)S(=O)(=O)c3ccc(C)cc3)cc21. The number of alkyl halides is 1. The predicted octanol–water partition coefficient (Wildman–Crippen LogP) is 4.23. The summed E-state index contributed by atoms with van der Waals surface area (Å²) >= 11 is 3.53. The lowest BCUT2D eigenvalue weighted by Crippen LogP contribution is -2.44. The number of halogens is 1. The number of nitrogens with zero attached hydrogens (tertiary/aromatic N) is 1. The van der Waals surface area contributed by atoms with E-state index in [4.69, 9.17) is 14.2 Å². The molecule has 0 amide bonds.